The summed E-state index contributed by atoms with van der Waals surface area (Å²) in [5.74, 6) is -0.136. The number of alkyl halides is 2. The number of morpholine rings is 2. The average molecular weight is 348 g/mol. The molecule has 8 heteroatoms. The van der Waals surface area contributed by atoms with Crippen molar-refractivity contribution in [3.8, 4) is 0 Å². The molecule has 3 fully saturated rings. The summed E-state index contributed by atoms with van der Waals surface area (Å²) in [6.07, 6.45) is -0.943. The molecule has 3 atom stereocenters. The van der Waals surface area contributed by atoms with E-state index in [9.17, 15) is 13.6 Å². The van der Waals surface area contributed by atoms with E-state index >= 15 is 0 Å². The highest BCUT2D eigenvalue weighted by Crippen LogP contribution is 2.31. The van der Waals surface area contributed by atoms with Crippen molar-refractivity contribution in [3.63, 3.8) is 0 Å². The van der Waals surface area contributed by atoms with Crippen LogP contribution >= 0.6 is 0 Å². The highest BCUT2D eigenvalue weighted by Gasteiger charge is 2.46. The van der Waals surface area contributed by atoms with Gasteiger partial charge in [-0.2, -0.15) is 0 Å². The second kappa shape index (κ2) is 7.59. The van der Waals surface area contributed by atoms with Gasteiger partial charge in [0.2, 0.25) is 5.91 Å². The zero-order chi connectivity index (χ0) is 17.2. The Kier molecular flexibility index (Phi) is 5.69. The predicted octanol–water partition coefficient (Wildman–Crippen LogP) is 0.749. The van der Waals surface area contributed by atoms with Crippen molar-refractivity contribution in [3.05, 3.63) is 0 Å². The molecular weight excluding hydrogens is 322 g/mol. The summed E-state index contributed by atoms with van der Waals surface area (Å²) in [5, 5.41) is 0. The SMILES string of the molecule is CCC1CN(C(=O)C2COCCN2CC(F)F)CC2(CCOC2)O1. The molecule has 0 aliphatic carbocycles. The smallest absolute Gasteiger partial charge is 0.251 e. The second-order valence-corrected chi connectivity index (χ2v) is 6.83. The van der Waals surface area contributed by atoms with Crippen LogP contribution in [0.3, 0.4) is 0 Å². The van der Waals surface area contributed by atoms with Gasteiger partial charge in [0.1, 0.15) is 11.6 Å². The Morgan fingerprint density at radius 1 is 1.33 bits per heavy atom. The van der Waals surface area contributed by atoms with Crippen molar-refractivity contribution in [2.45, 2.75) is 43.9 Å². The third kappa shape index (κ3) is 3.87. The molecule has 3 rings (SSSR count). The lowest BCUT2D eigenvalue weighted by atomic mass is 9.97. The van der Waals surface area contributed by atoms with Gasteiger partial charge in [-0.3, -0.25) is 9.69 Å². The van der Waals surface area contributed by atoms with Gasteiger partial charge in [-0.1, -0.05) is 6.92 Å². The number of ether oxygens (including phenoxy) is 3. The number of hydrogen-bond donors (Lipinski definition) is 0. The number of carbonyl (C=O) groups excluding carboxylic acids is 1. The fourth-order valence-electron chi connectivity index (χ4n) is 3.74. The van der Waals surface area contributed by atoms with Crippen LogP contribution < -0.4 is 0 Å². The zero-order valence-electron chi connectivity index (χ0n) is 14.1. The number of carbonyl (C=O) groups is 1. The van der Waals surface area contributed by atoms with Gasteiger partial charge in [-0.15, -0.1) is 0 Å². The van der Waals surface area contributed by atoms with Crippen molar-refractivity contribution < 1.29 is 27.8 Å². The third-order valence-electron chi connectivity index (χ3n) is 5.05. The highest BCUT2D eigenvalue weighted by atomic mass is 19.3. The largest absolute Gasteiger partial charge is 0.378 e. The lowest BCUT2D eigenvalue weighted by Crippen LogP contribution is -2.63. The van der Waals surface area contributed by atoms with Crippen LogP contribution in [0.2, 0.25) is 0 Å². The summed E-state index contributed by atoms with van der Waals surface area (Å²) in [6, 6.07) is -0.636. The first-order valence-corrected chi connectivity index (χ1v) is 8.67. The van der Waals surface area contributed by atoms with Gasteiger partial charge < -0.3 is 19.1 Å². The Balaban J connectivity index is 1.71. The van der Waals surface area contributed by atoms with Crippen molar-refractivity contribution in [1.29, 1.82) is 0 Å². The first-order valence-electron chi connectivity index (χ1n) is 8.67. The average Bonchev–Trinajstić information content (AvgIpc) is 3.01. The predicted molar refractivity (Wildman–Crippen MR) is 82.1 cm³/mol. The standard InChI is InChI=1S/C16H26F2N2O4/c1-2-12-7-20(10-16(24-12)3-5-23-11-16)15(21)13-9-22-6-4-19(13)8-14(17)18/h12-14H,2-11H2,1H3. The van der Waals surface area contributed by atoms with Crippen LogP contribution in [0.1, 0.15) is 19.8 Å². The molecule has 3 unspecified atom stereocenters. The van der Waals surface area contributed by atoms with Crippen LogP contribution in [0.15, 0.2) is 0 Å². The summed E-state index contributed by atoms with van der Waals surface area (Å²) in [7, 11) is 0. The lowest BCUT2D eigenvalue weighted by Gasteiger charge is -2.46. The Bertz CT molecular complexity index is 446. The van der Waals surface area contributed by atoms with Crippen LogP contribution in [-0.2, 0) is 19.0 Å². The second-order valence-electron chi connectivity index (χ2n) is 6.83. The maximum atomic E-state index is 13.0. The van der Waals surface area contributed by atoms with Crippen LogP contribution in [-0.4, -0.2) is 92.5 Å². The Labute approximate surface area is 141 Å². The molecule has 24 heavy (non-hydrogen) atoms. The first kappa shape index (κ1) is 18.0. The summed E-state index contributed by atoms with van der Waals surface area (Å²) < 4.78 is 42.6. The van der Waals surface area contributed by atoms with Crippen LogP contribution in [0, 0.1) is 0 Å². The van der Waals surface area contributed by atoms with E-state index in [1.165, 1.54) is 0 Å². The van der Waals surface area contributed by atoms with Crippen LogP contribution in [0.4, 0.5) is 8.78 Å². The van der Waals surface area contributed by atoms with Gasteiger partial charge in [0, 0.05) is 26.1 Å². The molecular formula is C16H26F2N2O4. The minimum atomic E-state index is -2.46. The summed E-state index contributed by atoms with van der Waals surface area (Å²) in [5.41, 5.74) is -0.447. The number of amides is 1. The van der Waals surface area contributed by atoms with E-state index in [0.29, 0.717) is 39.5 Å². The molecule has 1 spiro atoms. The molecule has 0 aromatic rings. The summed E-state index contributed by atoms with van der Waals surface area (Å²) in [4.78, 5) is 16.3. The Morgan fingerprint density at radius 2 is 2.17 bits per heavy atom. The van der Waals surface area contributed by atoms with E-state index in [1.54, 1.807) is 9.80 Å². The van der Waals surface area contributed by atoms with E-state index in [1.807, 2.05) is 6.92 Å². The van der Waals surface area contributed by atoms with E-state index in [4.69, 9.17) is 14.2 Å². The van der Waals surface area contributed by atoms with Gasteiger partial charge in [0.15, 0.2) is 0 Å². The van der Waals surface area contributed by atoms with Crippen molar-refractivity contribution in [1.82, 2.24) is 9.80 Å². The monoisotopic (exact) mass is 348 g/mol. The van der Waals surface area contributed by atoms with E-state index < -0.39 is 24.6 Å². The minimum Gasteiger partial charge on any atom is -0.378 e. The molecule has 3 saturated heterocycles. The fourth-order valence-corrected chi connectivity index (χ4v) is 3.74. The van der Waals surface area contributed by atoms with Gasteiger partial charge in [-0.25, -0.2) is 8.78 Å². The number of hydrogen-bond acceptors (Lipinski definition) is 5. The third-order valence-corrected chi connectivity index (χ3v) is 5.05. The number of halogens is 2. The fraction of sp³-hybridized carbons (Fsp3) is 0.938. The minimum absolute atomic E-state index is 0.0440. The molecule has 0 aromatic carbocycles. The zero-order valence-corrected chi connectivity index (χ0v) is 14.1. The van der Waals surface area contributed by atoms with E-state index in [0.717, 1.165) is 12.8 Å². The normalized spacial score (nSPS) is 35.1. The van der Waals surface area contributed by atoms with Crippen molar-refractivity contribution >= 4 is 5.91 Å². The van der Waals surface area contributed by atoms with E-state index in [2.05, 4.69) is 0 Å². The highest BCUT2D eigenvalue weighted by molar-refractivity contribution is 5.82. The van der Waals surface area contributed by atoms with Gasteiger partial charge in [-0.05, 0) is 6.42 Å². The molecule has 1 amide bonds. The summed E-state index contributed by atoms with van der Waals surface area (Å²) >= 11 is 0. The van der Waals surface area contributed by atoms with Crippen LogP contribution in [0.25, 0.3) is 0 Å². The Hall–Kier alpha value is -0.830. The molecule has 0 radical (unpaired) electrons. The van der Waals surface area contributed by atoms with Gasteiger partial charge in [0.05, 0.1) is 39.0 Å². The summed E-state index contributed by atoms with van der Waals surface area (Å²) in [6.45, 7) is 4.61. The van der Waals surface area contributed by atoms with Crippen molar-refractivity contribution in [2.75, 3.05) is 52.6 Å². The number of rotatable bonds is 4. The molecule has 0 aromatic heterocycles. The van der Waals surface area contributed by atoms with Gasteiger partial charge in [0.25, 0.3) is 6.43 Å². The lowest BCUT2D eigenvalue weighted by molar-refractivity contribution is -0.177. The van der Waals surface area contributed by atoms with Crippen LogP contribution in [0.5, 0.6) is 0 Å². The molecule has 138 valence electrons. The van der Waals surface area contributed by atoms with E-state index in [-0.39, 0.29) is 18.6 Å². The van der Waals surface area contributed by atoms with Gasteiger partial charge >= 0.3 is 0 Å². The molecule has 0 bridgehead atoms. The quantitative estimate of drug-likeness (QED) is 0.750. The molecule has 0 N–H and O–H groups in total. The Morgan fingerprint density at radius 3 is 2.83 bits per heavy atom. The molecule has 6 nitrogen and oxygen atoms in total. The molecule has 0 saturated carbocycles. The topological polar surface area (TPSA) is 51.2 Å². The van der Waals surface area contributed by atoms with Crippen molar-refractivity contribution in [2.24, 2.45) is 0 Å². The molecule has 3 aliphatic rings. The molecule has 3 aliphatic heterocycles. The molecule has 3 heterocycles. The number of nitrogens with zero attached hydrogens (tertiary/aromatic N) is 2. The maximum Gasteiger partial charge on any atom is 0.251 e. The maximum absolute atomic E-state index is 13.0. The first-order chi connectivity index (χ1) is 11.5.